The Morgan fingerprint density at radius 3 is 2.42 bits per heavy atom. The Morgan fingerprint density at radius 1 is 1.32 bits per heavy atom. The maximum Gasteiger partial charge on any atom is 0.326 e. The number of nitrogens with two attached hydrogens (primary N) is 1. The number of hydrogen-bond acceptors (Lipinski definition) is 3. The molecule has 0 bridgehead atoms. The van der Waals surface area contributed by atoms with Crippen molar-refractivity contribution < 1.29 is 14.7 Å². The van der Waals surface area contributed by atoms with Crippen molar-refractivity contribution >= 4 is 17.6 Å². The molecule has 0 aliphatic carbocycles. The molecule has 0 saturated carbocycles. The van der Waals surface area contributed by atoms with Gasteiger partial charge in [-0.3, -0.25) is 4.79 Å². The van der Waals surface area contributed by atoms with E-state index in [4.69, 9.17) is 5.73 Å². The summed E-state index contributed by atoms with van der Waals surface area (Å²) in [6.45, 7) is 3.70. The Labute approximate surface area is 113 Å². The van der Waals surface area contributed by atoms with E-state index in [-0.39, 0.29) is 18.9 Å². The highest BCUT2D eigenvalue weighted by atomic mass is 16.4. The first-order valence-electron chi connectivity index (χ1n) is 6.36. The minimum absolute atomic E-state index is 0.183. The second kappa shape index (κ2) is 6.78. The van der Waals surface area contributed by atoms with Crippen LogP contribution < -0.4 is 5.73 Å². The van der Waals surface area contributed by atoms with Gasteiger partial charge in [0.15, 0.2) is 0 Å². The summed E-state index contributed by atoms with van der Waals surface area (Å²) in [7, 11) is 0. The number of rotatable bonds is 6. The van der Waals surface area contributed by atoms with E-state index in [1.54, 1.807) is 32.0 Å². The zero-order valence-electron chi connectivity index (χ0n) is 11.3. The van der Waals surface area contributed by atoms with Crippen molar-refractivity contribution in [2.45, 2.75) is 39.3 Å². The number of anilines is 1. The predicted molar refractivity (Wildman–Crippen MR) is 73.4 cm³/mol. The summed E-state index contributed by atoms with van der Waals surface area (Å²) in [5.74, 6) is -1.17. The zero-order chi connectivity index (χ0) is 14.4. The Kier molecular flexibility index (Phi) is 5.36. The van der Waals surface area contributed by atoms with E-state index in [1.165, 1.54) is 4.90 Å². The second-order valence-electron chi connectivity index (χ2n) is 4.34. The molecule has 0 heterocycles. The van der Waals surface area contributed by atoms with E-state index in [0.717, 1.165) is 5.56 Å². The number of carboxylic acid groups (broad SMARTS) is 1. The normalized spacial score (nSPS) is 11.9. The van der Waals surface area contributed by atoms with Crippen LogP contribution in [-0.4, -0.2) is 27.9 Å². The molecule has 1 aromatic carbocycles. The van der Waals surface area contributed by atoms with Gasteiger partial charge >= 0.3 is 5.97 Å². The van der Waals surface area contributed by atoms with Gasteiger partial charge < -0.3 is 15.7 Å². The standard InChI is InChI=1S/C14H20N2O3/c1-3-12(14(18)19)16(13(17)4-2)9-10-7-5-6-8-11(10)15/h5-8,12H,3-4,9,15H2,1-2H3,(H,18,19). The van der Waals surface area contributed by atoms with E-state index < -0.39 is 12.0 Å². The number of nitrogens with zero attached hydrogens (tertiary/aromatic N) is 1. The number of amides is 1. The lowest BCUT2D eigenvalue weighted by molar-refractivity contribution is -0.150. The molecular formula is C14H20N2O3. The lowest BCUT2D eigenvalue weighted by atomic mass is 10.1. The van der Waals surface area contributed by atoms with Gasteiger partial charge in [-0.1, -0.05) is 32.0 Å². The Hall–Kier alpha value is -2.04. The molecule has 0 saturated heterocycles. The van der Waals surface area contributed by atoms with Gasteiger partial charge in [-0.25, -0.2) is 4.79 Å². The van der Waals surface area contributed by atoms with Gasteiger partial charge in [0, 0.05) is 18.7 Å². The number of nitrogen functional groups attached to an aromatic ring is 1. The van der Waals surface area contributed by atoms with Crippen molar-refractivity contribution in [3.63, 3.8) is 0 Å². The molecule has 1 aromatic rings. The molecular weight excluding hydrogens is 244 g/mol. The van der Waals surface area contributed by atoms with Crippen molar-refractivity contribution in [3.05, 3.63) is 29.8 Å². The van der Waals surface area contributed by atoms with Gasteiger partial charge in [0.2, 0.25) is 5.91 Å². The Morgan fingerprint density at radius 2 is 1.95 bits per heavy atom. The maximum atomic E-state index is 12.0. The minimum Gasteiger partial charge on any atom is -0.480 e. The third kappa shape index (κ3) is 3.71. The van der Waals surface area contributed by atoms with Gasteiger partial charge in [-0.05, 0) is 18.1 Å². The van der Waals surface area contributed by atoms with E-state index in [0.29, 0.717) is 12.1 Å². The largest absolute Gasteiger partial charge is 0.480 e. The highest BCUT2D eigenvalue weighted by Gasteiger charge is 2.27. The zero-order valence-corrected chi connectivity index (χ0v) is 11.3. The molecule has 3 N–H and O–H groups in total. The van der Waals surface area contributed by atoms with Gasteiger partial charge in [0.1, 0.15) is 6.04 Å². The van der Waals surface area contributed by atoms with Gasteiger partial charge in [-0.2, -0.15) is 0 Å². The molecule has 104 valence electrons. The third-order valence-electron chi connectivity index (χ3n) is 3.07. The van der Waals surface area contributed by atoms with E-state index in [9.17, 15) is 14.7 Å². The highest BCUT2D eigenvalue weighted by Crippen LogP contribution is 2.17. The molecule has 5 heteroatoms. The molecule has 0 radical (unpaired) electrons. The molecule has 19 heavy (non-hydrogen) atoms. The van der Waals surface area contributed by atoms with E-state index in [2.05, 4.69) is 0 Å². The molecule has 0 aliphatic rings. The number of carboxylic acids is 1. The van der Waals surface area contributed by atoms with Crippen LogP contribution in [0, 0.1) is 0 Å². The first-order valence-corrected chi connectivity index (χ1v) is 6.36. The van der Waals surface area contributed by atoms with Crippen molar-refractivity contribution in [3.8, 4) is 0 Å². The van der Waals surface area contributed by atoms with Gasteiger partial charge in [0.25, 0.3) is 0 Å². The van der Waals surface area contributed by atoms with Crippen LogP contribution in [0.2, 0.25) is 0 Å². The van der Waals surface area contributed by atoms with Crippen LogP contribution in [0.15, 0.2) is 24.3 Å². The summed E-state index contributed by atoms with van der Waals surface area (Å²) in [6.07, 6.45) is 0.643. The molecule has 5 nitrogen and oxygen atoms in total. The Balaban J connectivity index is 3.02. The van der Waals surface area contributed by atoms with Crippen LogP contribution >= 0.6 is 0 Å². The fourth-order valence-electron chi connectivity index (χ4n) is 1.97. The lowest BCUT2D eigenvalue weighted by Gasteiger charge is -2.28. The van der Waals surface area contributed by atoms with Crippen LogP contribution in [0.1, 0.15) is 32.3 Å². The van der Waals surface area contributed by atoms with Gasteiger partial charge in [-0.15, -0.1) is 0 Å². The van der Waals surface area contributed by atoms with Crippen LogP contribution in [0.5, 0.6) is 0 Å². The molecule has 0 fully saturated rings. The number of hydrogen-bond donors (Lipinski definition) is 2. The third-order valence-corrected chi connectivity index (χ3v) is 3.07. The number of carbonyl (C=O) groups excluding carboxylic acids is 1. The molecule has 1 amide bonds. The fraction of sp³-hybridized carbons (Fsp3) is 0.429. The molecule has 0 aromatic heterocycles. The summed E-state index contributed by atoms with van der Waals surface area (Å²) < 4.78 is 0. The van der Waals surface area contributed by atoms with Crippen LogP contribution in [0.25, 0.3) is 0 Å². The second-order valence-corrected chi connectivity index (χ2v) is 4.34. The predicted octanol–water partition coefficient (Wildman–Crippen LogP) is 1.87. The summed E-state index contributed by atoms with van der Waals surface area (Å²) in [5.41, 5.74) is 7.18. The first-order chi connectivity index (χ1) is 9.01. The number of para-hydroxylation sites is 1. The molecule has 1 unspecified atom stereocenters. The van der Waals surface area contributed by atoms with Gasteiger partial charge in [0.05, 0.1) is 0 Å². The molecule has 1 rings (SSSR count). The molecule has 0 spiro atoms. The SMILES string of the molecule is CCC(=O)N(Cc1ccccc1N)C(CC)C(=O)O. The Bertz CT molecular complexity index is 460. The molecule has 1 atom stereocenters. The first kappa shape index (κ1) is 15.0. The number of carbonyl (C=O) groups is 2. The maximum absolute atomic E-state index is 12.0. The summed E-state index contributed by atoms with van der Waals surface area (Å²) in [4.78, 5) is 24.6. The average molecular weight is 264 g/mol. The fourth-order valence-corrected chi connectivity index (χ4v) is 1.97. The average Bonchev–Trinajstić information content (AvgIpc) is 2.39. The smallest absolute Gasteiger partial charge is 0.326 e. The van der Waals surface area contributed by atoms with Crippen LogP contribution in [0.4, 0.5) is 5.69 Å². The topological polar surface area (TPSA) is 83.6 Å². The quantitative estimate of drug-likeness (QED) is 0.768. The lowest BCUT2D eigenvalue weighted by Crippen LogP contribution is -2.44. The van der Waals surface area contributed by atoms with Crippen molar-refractivity contribution in [1.29, 1.82) is 0 Å². The van der Waals surface area contributed by atoms with Crippen LogP contribution in [0.3, 0.4) is 0 Å². The van der Waals surface area contributed by atoms with E-state index in [1.807, 2.05) is 6.07 Å². The van der Waals surface area contributed by atoms with Crippen molar-refractivity contribution in [1.82, 2.24) is 4.90 Å². The van der Waals surface area contributed by atoms with E-state index >= 15 is 0 Å². The highest BCUT2D eigenvalue weighted by molar-refractivity contribution is 5.83. The monoisotopic (exact) mass is 264 g/mol. The molecule has 0 aliphatic heterocycles. The summed E-state index contributed by atoms with van der Waals surface area (Å²) in [5, 5.41) is 9.21. The number of aliphatic carboxylic acids is 1. The summed E-state index contributed by atoms with van der Waals surface area (Å²) >= 11 is 0. The van der Waals surface area contributed by atoms with Crippen molar-refractivity contribution in [2.75, 3.05) is 5.73 Å². The van der Waals surface area contributed by atoms with Crippen LogP contribution in [-0.2, 0) is 16.1 Å². The summed E-state index contributed by atoms with van der Waals surface area (Å²) in [6, 6.07) is 6.36. The minimum atomic E-state index is -0.987. The van der Waals surface area contributed by atoms with Crippen molar-refractivity contribution in [2.24, 2.45) is 0 Å². The number of benzene rings is 1.